The van der Waals surface area contributed by atoms with Gasteiger partial charge < -0.3 is 5.11 Å². The highest BCUT2D eigenvalue weighted by Crippen LogP contribution is 2.32. The highest BCUT2D eigenvalue weighted by atomic mass is 32.1. The van der Waals surface area contributed by atoms with Crippen LogP contribution in [0.2, 0.25) is 0 Å². The Kier molecular flexibility index (Phi) is 2.73. The van der Waals surface area contributed by atoms with Gasteiger partial charge in [0.15, 0.2) is 0 Å². The molecule has 1 aromatic heterocycles. The van der Waals surface area contributed by atoms with Gasteiger partial charge in [0, 0.05) is 4.70 Å². The van der Waals surface area contributed by atoms with Crippen molar-refractivity contribution in [3.63, 3.8) is 0 Å². The van der Waals surface area contributed by atoms with E-state index < -0.39 is 5.97 Å². The number of carbonyl (C=O) groups is 1. The summed E-state index contributed by atoms with van der Waals surface area (Å²) in [6.45, 7) is 2.07. The number of fused-ring (bicyclic) bond motifs is 1. The summed E-state index contributed by atoms with van der Waals surface area (Å²) in [5.74, 6) is -0.806. The number of carboxylic acid groups (broad SMARTS) is 1. The van der Waals surface area contributed by atoms with E-state index in [9.17, 15) is 4.79 Å². The SMILES string of the molecule is CCCc1c(C(=O)O)sc2ccccc12. The number of aromatic carboxylic acids is 1. The van der Waals surface area contributed by atoms with Gasteiger partial charge in [-0.3, -0.25) is 0 Å². The number of thiophene rings is 1. The minimum absolute atomic E-state index is 0.498. The van der Waals surface area contributed by atoms with Crippen LogP contribution < -0.4 is 0 Å². The van der Waals surface area contributed by atoms with E-state index >= 15 is 0 Å². The molecule has 1 heterocycles. The molecule has 0 aliphatic rings. The molecule has 0 unspecified atom stereocenters. The highest BCUT2D eigenvalue weighted by Gasteiger charge is 2.16. The third kappa shape index (κ3) is 1.75. The van der Waals surface area contributed by atoms with Crippen molar-refractivity contribution in [3.05, 3.63) is 34.7 Å². The first-order chi connectivity index (χ1) is 7.24. The second-order valence-electron chi connectivity index (χ2n) is 3.46. The number of hydrogen-bond acceptors (Lipinski definition) is 2. The van der Waals surface area contributed by atoms with E-state index in [1.54, 1.807) is 0 Å². The molecule has 2 rings (SSSR count). The van der Waals surface area contributed by atoms with Gasteiger partial charge in [-0.15, -0.1) is 11.3 Å². The summed E-state index contributed by atoms with van der Waals surface area (Å²) in [4.78, 5) is 11.6. The van der Waals surface area contributed by atoms with E-state index in [0.717, 1.165) is 28.5 Å². The fourth-order valence-corrected chi connectivity index (χ4v) is 2.86. The van der Waals surface area contributed by atoms with Crippen molar-refractivity contribution in [2.75, 3.05) is 0 Å². The van der Waals surface area contributed by atoms with Crippen molar-refractivity contribution in [3.8, 4) is 0 Å². The Hall–Kier alpha value is -1.35. The molecule has 0 bridgehead atoms. The van der Waals surface area contributed by atoms with Crippen LogP contribution >= 0.6 is 11.3 Å². The molecule has 1 aromatic carbocycles. The molecule has 0 atom stereocenters. The highest BCUT2D eigenvalue weighted by molar-refractivity contribution is 7.21. The van der Waals surface area contributed by atoms with Gasteiger partial charge in [-0.1, -0.05) is 31.5 Å². The van der Waals surface area contributed by atoms with Gasteiger partial charge in [0.25, 0.3) is 0 Å². The van der Waals surface area contributed by atoms with Gasteiger partial charge in [0.05, 0.1) is 0 Å². The van der Waals surface area contributed by atoms with E-state index in [0.29, 0.717) is 4.88 Å². The van der Waals surface area contributed by atoms with Crippen molar-refractivity contribution in [2.24, 2.45) is 0 Å². The van der Waals surface area contributed by atoms with Crippen LogP contribution in [0.4, 0.5) is 0 Å². The molecule has 0 spiro atoms. The van der Waals surface area contributed by atoms with Gasteiger partial charge in [-0.05, 0) is 23.4 Å². The maximum absolute atomic E-state index is 11.1. The average Bonchev–Trinajstić information content (AvgIpc) is 2.58. The number of rotatable bonds is 3. The minimum atomic E-state index is -0.806. The van der Waals surface area contributed by atoms with Crippen LogP contribution in [0.5, 0.6) is 0 Å². The first-order valence-electron chi connectivity index (χ1n) is 4.97. The molecule has 15 heavy (non-hydrogen) atoms. The minimum Gasteiger partial charge on any atom is -0.477 e. The molecule has 1 N–H and O–H groups in total. The summed E-state index contributed by atoms with van der Waals surface area (Å²) in [7, 11) is 0. The molecular formula is C12H12O2S. The van der Waals surface area contributed by atoms with E-state index in [1.807, 2.05) is 24.3 Å². The second-order valence-corrected chi connectivity index (χ2v) is 4.51. The lowest BCUT2D eigenvalue weighted by atomic mass is 10.1. The Bertz CT molecular complexity index is 499. The largest absolute Gasteiger partial charge is 0.477 e. The molecule has 0 saturated heterocycles. The van der Waals surface area contributed by atoms with Crippen LogP contribution in [0.1, 0.15) is 28.6 Å². The Morgan fingerprint density at radius 2 is 2.13 bits per heavy atom. The van der Waals surface area contributed by atoms with Crippen molar-refractivity contribution < 1.29 is 9.90 Å². The van der Waals surface area contributed by atoms with Gasteiger partial charge in [-0.25, -0.2) is 4.79 Å². The van der Waals surface area contributed by atoms with Gasteiger partial charge in [-0.2, -0.15) is 0 Å². The lowest BCUT2D eigenvalue weighted by Gasteiger charge is -1.98. The first kappa shape index (κ1) is 10.2. The normalized spacial score (nSPS) is 10.7. The molecule has 0 radical (unpaired) electrons. The topological polar surface area (TPSA) is 37.3 Å². The predicted octanol–water partition coefficient (Wildman–Crippen LogP) is 3.55. The maximum Gasteiger partial charge on any atom is 0.346 e. The van der Waals surface area contributed by atoms with E-state index in [1.165, 1.54) is 11.3 Å². The fraction of sp³-hybridized carbons (Fsp3) is 0.250. The smallest absolute Gasteiger partial charge is 0.346 e. The lowest BCUT2D eigenvalue weighted by Crippen LogP contribution is -1.97. The molecule has 0 amide bonds. The molecule has 3 heteroatoms. The zero-order chi connectivity index (χ0) is 10.8. The molecule has 78 valence electrons. The van der Waals surface area contributed by atoms with Crippen molar-refractivity contribution in [2.45, 2.75) is 19.8 Å². The number of carboxylic acids is 1. The Morgan fingerprint density at radius 3 is 2.80 bits per heavy atom. The van der Waals surface area contributed by atoms with Crippen LogP contribution in [0.25, 0.3) is 10.1 Å². The predicted molar refractivity (Wildman–Crippen MR) is 62.8 cm³/mol. The third-order valence-corrected chi connectivity index (χ3v) is 3.59. The van der Waals surface area contributed by atoms with Gasteiger partial charge in [0.1, 0.15) is 4.88 Å². The Labute approximate surface area is 92.2 Å². The summed E-state index contributed by atoms with van der Waals surface area (Å²) in [5, 5.41) is 10.2. The maximum atomic E-state index is 11.1. The molecule has 2 aromatic rings. The van der Waals surface area contributed by atoms with Crippen LogP contribution in [-0.2, 0) is 6.42 Å². The number of hydrogen-bond donors (Lipinski definition) is 1. The molecule has 0 saturated carbocycles. The van der Waals surface area contributed by atoms with E-state index in [-0.39, 0.29) is 0 Å². The molecule has 2 nitrogen and oxygen atoms in total. The molecule has 0 aliphatic carbocycles. The van der Waals surface area contributed by atoms with Crippen molar-refractivity contribution in [1.82, 2.24) is 0 Å². The Balaban J connectivity index is 2.68. The number of benzene rings is 1. The lowest BCUT2D eigenvalue weighted by molar-refractivity contribution is 0.0701. The van der Waals surface area contributed by atoms with Crippen molar-refractivity contribution >= 4 is 27.4 Å². The monoisotopic (exact) mass is 220 g/mol. The molecule has 0 fully saturated rings. The second kappa shape index (κ2) is 4.03. The van der Waals surface area contributed by atoms with Crippen LogP contribution in [0.3, 0.4) is 0 Å². The fourth-order valence-electron chi connectivity index (χ4n) is 1.77. The van der Waals surface area contributed by atoms with Crippen LogP contribution in [-0.4, -0.2) is 11.1 Å². The average molecular weight is 220 g/mol. The van der Waals surface area contributed by atoms with Gasteiger partial charge >= 0.3 is 5.97 Å². The number of aryl methyl sites for hydroxylation is 1. The van der Waals surface area contributed by atoms with Crippen LogP contribution in [0.15, 0.2) is 24.3 Å². The third-order valence-electron chi connectivity index (χ3n) is 2.39. The summed E-state index contributed by atoms with van der Waals surface area (Å²) in [6.07, 6.45) is 1.81. The quantitative estimate of drug-likeness (QED) is 0.858. The summed E-state index contributed by atoms with van der Waals surface area (Å²) >= 11 is 1.37. The summed E-state index contributed by atoms with van der Waals surface area (Å²) in [6, 6.07) is 7.88. The van der Waals surface area contributed by atoms with Gasteiger partial charge in [0.2, 0.25) is 0 Å². The molecule has 0 aliphatic heterocycles. The van der Waals surface area contributed by atoms with Crippen LogP contribution in [0, 0.1) is 0 Å². The summed E-state index contributed by atoms with van der Waals surface area (Å²) < 4.78 is 1.07. The standard InChI is InChI=1S/C12H12O2S/c1-2-5-9-8-6-3-4-7-10(8)15-11(9)12(13)14/h3-4,6-7H,2,5H2,1H3,(H,13,14). The first-order valence-corrected chi connectivity index (χ1v) is 5.79. The van der Waals surface area contributed by atoms with E-state index in [4.69, 9.17) is 5.11 Å². The van der Waals surface area contributed by atoms with E-state index in [2.05, 4.69) is 6.92 Å². The zero-order valence-corrected chi connectivity index (χ0v) is 9.30. The summed E-state index contributed by atoms with van der Waals surface area (Å²) in [5.41, 5.74) is 0.991. The van der Waals surface area contributed by atoms with Crippen molar-refractivity contribution in [1.29, 1.82) is 0 Å². The molecular weight excluding hydrogens is 208 g/mol. The zero-order valence-electron chi connectivity index (χ0n) is 8.49. The Morgan fingerprint density at radius 1 is 1.40 bits per heavy atom.